The first-order valence-electron chi connectivity index (χ1n) is 5.88. The van der Waals surface area contributed by atoms with Gasteiger partial charge in [-0.1, -0.05) is 25.8 Å². The van der Waals surface area contributed by atoms with E-state index in [1.807, 2.05) is 0 Å². The van der Waals surface area contributed by atoms with Gasteiger partial charge >= 0.3 is 0 Å². The van der Waals surface area contributed by atoms with Crippen LogP contribution in [0.2, 0.25) is 0 Å². The number of hydrogen-bond acceptors (Lipinski definition) is 2. The highest BCUT2D eigenvalue weighted by Crippen LogP contribution is 2.13. The van der Waals surface area contributed by atoms with E-state index in [1.54, 1.807) is 5.57 Å². The van der Waals surface area contributed by atoms with Gasteiger partial charge in [-0.15, -0.1) is 0 Å². The fourth-order valence-electron chi connectivity index (χ4n) is 1.70. The van der Waals surface area contributed by atoms with E-state index < -0.39 is 0 Å². The highest BCUT2D eigenvalue weighted by atomic mass is 16.5. The maximum Gasteiger partial charge on any atom is 0.0642 e. The number of morpholine rings is 1. The van der Waals surface area contributed by atoms with Gasteiger partial charge in [-0.3, -0.25) is 0 Å². The van der Waals surface area contributed by atoms with Crippen LogP contribution in [0.1, 0.15) is 39.5 Å². The van der Waals surface area contributed by atoms with Crippen molar-refractivity contribution in [2.24, 2.45) is 0 Å². The fourth-order valence-corrected chi connectivity index (χ4v) is 1.70. The molecule has 2 heteroatoms. The predicted octanol–water partition coefficient (Wildman–Crippen LogP) is 2.80. The third kappa shape index (κ3) is 4.14. The SMILES string of the molecule is CCCC/C(=C/N1CCOCC1)CC. The largest absolute Gasteiger partial charge is 0.378 e. The van der Waals surface area contributed by atoms with Crippen LogP contribution in [0.4, 0.5) is 0 Å². The average Bonchev–Trinajstić information content (AvgIpc) is 2.25. The van der Waals surface area contributed by atoms with Gasteiger partial charge in [-0.05, 0) is 25.5 Å². The minimum atomic E-state index is 0.890. The van der Waals surface area contributed by atoms with Crippen molar-refractivity contribution in [1.82, 2.24) is 4.90 Å². The third-order valence-corrected chi connectivity index (χ3v) is 2.72. The standard InChI is InChI=1S/C12H23NO/c1-3-5-6-12(4-2)11-13-7-9-14-10-8-13/h11H,3-10H2,1-2H3/b12-11+. The van der Waals surface area contributed by atoms with Crippen molar-refractivity contribution in [1.29, 1.82) is 0 Å². The van der Waals surface area contributed by atoms with Gasteiger partial charge in [-0.2, -0.15) is 0 Å². The maximum atomic E-state index is 5.33. The Morgan fingerprint density at radius 2 is 2.00 bits per heavy atom. The summed E-state index contributed by atoms with van der Waals surface area (Å²) in [6.07, 6.45) is 7.43. The second kappa shape index (κ2) is 6.88. The first-order chi connectivity index (χ1) is 6.86. The lowest BCUT2D eigenvalue weighted by atomic mass is 10.1. The van der Waals surface area contributed by atoms with Crippen LogP contribution in [0, 0.1) is 0 Å². The van der Waals surface area contributed by atoms with E-state index in [0.717, 1.165) is 26.3 Å². The molecule has 0 aromatic carbocycles. The minimum Gasteiger partial charge on any atom is -0.378 e. The molecule has 0 aromatic rings. The van der Waals surface area contributed by atoms with E-state index >= 15 is 0 Å². The number of allylic oxidation sites excluding steroid dienone is 1. The van der Waals surface area contributed by atoms with Gasteiger partial charge < -0.3 is 9.64 Å². The van der Waals surface area contributed by atoms with Crippen molar-refractivity contribution < 1.29 is 4.74 Å². The molecule has 0 N–H and O–H groups in total. The minimum absolute atomic E-state index is 0.890. The second-order valence-electron chi connectivity index (χ2n) is 3.89. The van der Waals surface area contributed by atoms with Crippen LogP contribution < -0.4 is 0 Å². The van der Waals surface area contributed by atoms with Gasteiger partial charge in [0, 0.05) is 13.1 Å². The molecule has 0 amide bonds. The molecule has 0 aromatic heterocycles. The van der Waals surface area contributed by atoms with Crippen molar-refractivity contribution in [2.45, 2.75) is 39.5 Å². The lowest BCUT2D eigenvalue weighted by Crippen LogP contribution is -2.32. The van der Waals surface area contributed by atoms with Crippen molar-refractivity contribution >= 4 is 0 Å². The van der Waals surface area contributed by atoms with Crippen LogP contribution in [0.5, 0.6) is 0 Å². The van der Waals surface area contributed by atoms with Crippen molar-refractivity contribution in [3.8, 4) is 0 Å². The summed E-state index contributed by atoms with van der Waals surface area (Å²) in [6.45, 7) is 8.41. The summed E-state index contributed by atoms with van der Waals surface area (Å²) in [5.74, 6) is 0. The summed E-state index contributed by atoms with van der Waals surface area (Å²) < 4.78 is 5.33. The lowest BCUT2D eigenvalue weighted by molar-refractivity contribution is 0.0589. The molecule has 0 spiro atoms. The van der Waals surface area contributed by atoms with Crippen LogP contribution >= 0.6 is 0 Å². The Balaban J connectivity index is 2.35. The maximum absolute atomic E-state index is 5.33. The van der Waals surface area contributed by atoms with E-state index in [-0.39, 0.29) is 0 Å². The molecule has 82 valence electrons. The molecular weight excluding hydrogens is 174 g/mol. The highest BCUT2D eigenvalue weighted by molar-refractivity contribution is 5.01. The van der Waals surface area contributed by atoms with Crippen molar-refractivity contribution in [3.05, 3.63) is 11.8 Å². The average molecular weight is 197 g/mol. The Labute approximate surface area is 87.9 Å². The summed E-state index contributed by atoms with van der Waals surface area (Å²) in [5, 5.41) is 0. The van der Waals surface area contributed by atoms with Gasteiger partial charge in [0.15, 0.2) is 0 Å². The first kappa shape index (κ1) is 11.6. The molecule has 0 aliphatic carbocycles. The summed E-state index contributed by atoms with van der Waals surface area (Å²) in [5.41, 5.74) is 1.59. The van der Waals surface area contributed by atoms with E-state index in [4.69, 9.17) is 4.74 Å². The van der Waals surface area contributed by atoms with Gasteiger partial charge in [0.2, 0.25) is 0 Å². The fraction of sp³-hybridized carbons (Fsp3) is 0.833. The molecule has 0 atom stereocenters. The van der Waals surface area contributed by atoms with E-state index in [2.05, 4.69) is 24.9 Å². The molecule has 0 saturated carbocycles. The molecule has 1 heterocycles. The monoisotopic (exact) mass is 197 g/mol. The van der Waals surface area contributed by atoms with Gasteiger partial charge in [0.1, 0.15) is 0 Å². The molecule has 0 unspecified atom stereocenters. The molecule has 1 fully saturated rings. The topological polar surface area (TPSA) is 12.5 Å². The lowest BCUT2D eigenvalue weighted by Gasteiger charge is -2.26. The molecule has 1 saturated heterocycles. The zero-order valence-corrected chi connectivity index (χ0v) is 9.59. The van der Waals surface area contributed by atoms with Crippen LogP contribution in [0.3, 0.4) is 0 Å². The van der Waals surface area contributed by atoms with Crippen LogP contribution in [0.15, 0.2) is 11.8 Å². The number of rotatable bonds is 5. The molecule has 1 rings (SSSR count). The summed E-state index contributed by atoms with van der Waals surface area (Å²) in [7, 11) is 0. The zero-order valence-electron chi connectivity index (χ0n) is 9.59. The smallest absolute Gasteiger partial charge is 0.0642 e. The number of ether oxygens (including phenoxy) is 1. The van der Waals surface area contributed by atoms with Crippen LogP contribution in [-0.2, 0) is 4.74 Å². The molecule has 0 bridgehead atoms. The first-order valence-corrected chi connectivity index (χ1v) is 5.88. The van der Waals surface area contributed by atoms with E-state index in [9.17, 15) is 0 Å². The molecule has 0 radical (unpaired) electrons. The summed E-state index contributed by atoms with van der Waals surface area (Å²) >= 11 is 0. The third-order valence-electron chi connectivity index (χ3n) is 2.72. The Bertz CT molecular complexity index is 171. The quantitative estimate of drug-likeness (QED) is 0.672. The van der Waals surface area contributed by atoms with Gasteiger partial charge in [0.05, 0.1) is 13.2 Å². The Morgan fingerprint density at radius 3 is 2.57 bits per heavy atom. The van der Waals surface area contributed by atoms with Gasteiger partial charge in [-0.25, -0.2) is 0 Å². The molecule has 1 aliphatic rings. The Morgan fingerprint density at radius 1 is 1.29 bits per heavy atom. The number of nitrogens with zero attached hydrogens (tertiary/aromatic N) is 1. The van der Waals surface area contributed by atoms with Crippen molar-refractivity contribution in [2.75, 3.05) is 26.3 Å². The van der Waals surface area contributed by atoms with Crippen LogP contribution in [-0.4, -0.2) is 31.2 Å². The number of hydrogen-bond donors (Lipinski definition) is 0. The zero-order chi connectivity index (χ0) is 10.2. The predicted molar refractivity (Wildman–Crippen MR) is 60.3 cm³/mol. The number of unbranched alkanes of at least 4 members (excludes halogenated alkanes) is 1. The second-order valence-corrected chi connectivity index (χ2v) is 3.89. The molecular formula is C12H23NO. The van der Waals surface area contributed by atoms with E-state index in [0.29, 0.717) is 0 Å². The molecule has 1 aliphatic heterocycles. The molecule has 2 nitrogen and oxygen atoms in total. The van der Waals surface area contributed by atoms with Crippen LogP contribution in [0.25, 0.3) is 0 Å². The summed E-state index contributed by atoms with van der Waals surface area (Å²) in [6, 6.07) is 0. The van der Waals surface area contributed by atoms with Crippen molar-refractivity contribution in [3.63, 3.8) is 0 Å². The van der Waals surface area contributed by atoms with E-state index in [1.165, 1.54) is 25.7 Å². The Hall–Kier alpha value is -0.500. The normalized spacial score (nSPS) is 18.7. The molecule has 14 heavy (non-hydrogen) atoms. The highest BCUT2D eigenvalue weighted by Gasteiger charge is 2.06. The summed E-state index contributed by atoms with van der Waals surface area (Å²) in [4.78, 5) is 2.40. The Kier molecular flexibility index (Phi) is 5.69. The van der Waals surface area contributed by atoms with Gasteiger partial charge in [0.25, 0.3) is 0 Å².